The molecule has 0 fully saturated rings. The summed E-state index contributed by atoms with van der Waals surface area (Å²) in [5.41, 5.74) is 2.49. The summed E-state index contributed by atoms with van der Waals surface area (Å²) in [4.78, 5) is 24.9. The van der Waals surface area contributed by atoms with Gasteiger partial charge in [0.05, 0.1) is 12.5 Å². The lowest BCUT2D eigenvalue weighted by Gasteiger charge is -2.12. The van der Waals surface area contributed by atoms with E-state index in [1.807, 2.05) is 42.5 Å². The van der Waals surface area contributed by atoms with Crippen molar-refractivity contribution < 1.29 is 14.3 Å². The Bertz CT molecular complexity index is 841. The Morgan fingerprint density at radius 1 is 1.11 bits per heavy atom. The van der Waals surface area contributed by atoms with Crippen LogP contribution in [-0.2, 0) is 17.8 Å². The highest BCUT2D eigenvalue weighted by Gasteiger charge is 2.06. The van der Waals surface area contributed by atoms with Crippen LogP contribution in [0.25, 0.3) is 0 Å². The molecule has 7 nitrogen and oxygen atoms in total. The fourth-order valence-electron chi connectivity index (χ4n) is 2.38. The molecule has 0 aromatic heterocycles. The Balaban J connectivity index is 1.82. The van der Waals surface area contributed by atoms with Crippen LogP contribution >= 0.6 is 0 Å². The van der Waals surface area contributed by atoms with Crippen LogP contribution in [0, 0.1) is 11.3 Å². The van der Waals surface area contributed by atoms with E-state index in [-0.39, 0.29) is 24.9 Å². The average molecular weight is 380 g/mol. The number of urea groups is 1. The Morgan fingerprint density at radius 2 is 1.86 bits per heavy atom. The van der Waals surface area contributed by atoms with Crippen molar-refractivity contribution >= 4 is 17.6 Å². The van der Waals surface area contributed by atoms with E-state index in [9.17, 15) is 9.59 Å². The monoisotopic (exact) mass is 380 g/mol. The van der Waals surface area contributed by atoms with Gasteiger partial charge in [0.25, 0.3) is 0 Å². The number of benzene rings is 2. The summed E-state index contributed by atoms with van der Waals surface area (Å²) >= 11 is 0. The first kappa shape index (κ1) is 20.8. The van der Waals surface area contributed by atoms with Crippen LogP contribution in [0.3, 0.4) is 0 Å². The zero-order valence-electron chi connectivity index (χ0n) is 16.1. The minimum atomic E-state index is -0.363. The Hall–Kier alpha value is -3.53. The van der Waals surface area contributed by atoms with Crippen molar-refractivity contribution in [3.8, 4) is 11.8 Å². The number of ether oxygens (including phenoxy) is 1. The second-order valence-electron chi connectivity index (χ2n) is 6.39. The van der Waals surface area contributed by atoms with Gasteiger partial charge in [-0.3, -0.25) is 4.79 Å². The highest BCUT2D eigenvalue weighted by Crippen LogP contribution is 2.16. The SMILES string of the molecule is CN(C)C(=O)CCNC(=O)Nc1cccc(COc2ccc(CC#N)cc2)c1. The van der Waals surface area contributed by atoms with E-state index in [0.29, 0.717) is 24.5 Å². The lowest BCUT2D eigenvalue weighted by atomic mass is 10.1. The minimum absolute atomic E-state index is 0.0416. The lowest BCUT2D eigenvalue weighted by Crippen LogP contribution is -2.33. The molecule has 28 heavy (non-hydrogen) atoms. The number of amides is 3. The molecule has 3 amide bonds. The standard InChI is InChI=1S/C21H24N4O3/c1-25(2)20(26)11-13-23-21(27)24-18-5-3-4-17(14-18)15-28-19-8-6-16(7-9-19)10-12-22/h3-9,14H,10-11,13,15H2,1-2H3,(H2,23,24,27). The number of nitrogens with one attached hydrogen (secondary N) is 2. The van der Waals surface area contributed by atoms with Gasteiger partial charge in [-0.2, -0.15) is 5.26 Å². The molecular formula is C21H24N4O3. The van der Waals surface area contributed by atoms with E-state index < -0.39 is 0 Å². The van der Waals surface area contributed by atoms with E-state index in [4.69, 9.17) is 10.00 Å². The molecule has 0 saturated heterocycles. The van der Waals surface area contributed by atoms with Gasteiger partial charge in [0.1, 0.15) is 12.4 Å². The van der Waals surface area contributed by atoms with Gasteiger partial charge < -0.3 is 20.3 Å². The molecule has 0 bridgehead atoms. The number of carbonyl (C=O) groups excluding carboxylic acids is 2. The quantitative estimate of drug-likeness (QED) is 0.736. The topological polar surface area (TPSA) is 94.5 Å². The Morgan fingerprint density at radius 3 is 2.54 bits per heavy atom. The fraction of sp³-hybridized carbons (Fsp3) is 0.286. The molecular weight excluding hydrogens is 356 g/mol. The minimum Gasteiger partial charge on any atom is -0.489 e. The van der Waals surface area contributed by atoms with Crippen molar-refractivity contribution in [2.45, 2.75) is 19.4 Å². The zero-order chi connectivity index (χ0) is 20.4. The molecule has 0 unspecified atom stereocenters. The molecule has 0 spiro atoms. The van der Waals surface area contributed by atoms with E-state index in [1.54, 1.807) is 20.2 Å². The molecule has 2 rings (SSSR count). The maximum atomic E-state index is 11.9. The second-order valence-corrected chi connectivity index (χ2v) is 6.39. The molecule has 0 saturated carbocycles. The number of anilines is 1. The number of hydrogen-bond acceptors (Lipinski definition) is 4. The summed E-state index contributed by atoms with van der Waals surface area (Å²) in [5.74, 6) is 0.670. The third-order valence-corrected chi connectivity index (χ3v) is 3.92. The van der Waals surface area contributed by atoms with Gasteiger partial charge in [-0.15, -0.1) is 0 Å². The van der Waals surface area contributed by atoms with Crippen LogP contribution in [0.4, 0.5) is 10.5 Å². The molecule has 0 atom stereocenters. The van der Waals surface area contributed by atoms with Crippen LogP contribution in [0.5, 0.6) is 5.75 Å². The first-order valence-corrected chi connectivity index (χ1v) is 8.90. The van der Waals surface area contributed by atoms with Gasteiger partial charge >= 0.3 is 6.03 Å². The number of nitrogens with zero attached hydrogens (tertiary/aromatic N) is 2. The van der Waals surface area contributed by atoms with Crippen molar-refractivity contribution in [3.05, 3.63) is 59.7 Å². The average Bonchev–Trinajstić information content (AvgIpc) is 2.68. The Labute approximate surface area is 164 Å². The van der Waals surface area contributed by atoms with Gasteiger partial charge in [0, 0.05) is 32.7 Å². The number of nitriles is 1. The van der Waals surface area contributed by atoms with Gasteiger partial charge in [-0.25, -0.2) is 4.79 Å². The third-order valence-electron chi connectivity index (χ3n) is 3.92. The van der Waals surface area contributed by atoms with E-state index >= 15 is 0 Å². The highest BCUT2D eigenvalue weighted by atomic mass is 16.5. The molecule has 0 radical (unpaired) electrons. The van der Waals surface area contributed by atoms with Gasteiger partial charge in [-0.1, -0.05) is 24.3 Å². The molecule has 2 aromatic carbocycles. The predicted molar refractivity (Wildman–Crippen MR) is 107 cm³/mol. The molecule has 146 valence electrons. The van der Waals surface area contributed by atoms with Crippen LogP contribution in [-0.4, -0.2) is 37.5 Å². The summed E-state index contributed by atoms with van der Waals surface area (Å²) in [7, 11) is 3.35. The largest absolute Gasteiger partial charge is 0.489 e. The fourth-order valence-corrected chi connectivity index (χ4v) is 2.38. The zero-order valence-corrected chi connectivity index (χ0v) is 16.1. The third kappa shape index (κ3) is 7.00. The summed E-state index contributed by atoms with van der Waals surface area (Å²) in [5, 5.41) is 14.1. The smallest absolute Gasteiger partial charge is 0.319 e. The van der Waals surface area contributed by atoms with Gasteiger partial charge in [-0.05, 0) is 35.4 Å². The predicted octanol–water partition coefficient (Wildman–Crippen LogP) is 2.93. The molecule has 0 aliphatic heterocycles. The molecule has 7 heteroatoms. The van der Waals surface area contributed by atoms with Crippen molar-refractivity contribution in [1.29, 1.82) is 5.26 Å². The van der Waals surface area contributed by atoms with Crippen molar-refractivity contribution in [2.75, 3.05) is 26.0 Å². The molecule has 2 aromatic rings. The summed E-state index contributed by atoms with van der Waals surface area (Å²) in [6, 6.07) is 16.5. The van der Waals surface area contributed by atoms with E-state index in [2.05, 4.69) is 16.7 Å². The number of carbonyl (C=O) groups is 2. The lowest BCUT2D eigenvalue weighted by molar-refractivity contribution is -0.128. The van der Waals surface area contributed by atoms with Gasteiger partial charge in [0.2, 0.25) is 5.91 Å². The van der Waals surface area contributed by atoms with Crippen LogP contribution in [0.1, 0.15) is 17.5 Å². The van der Waals surface area contributed by atoms with Crippen molar-refractivity contribution in [2.24, 2.45) is 0 Å². The van der Waals surface area contributed by atoms with Crippen LogP contribution in [0.2, 0.25) is 0 Å². The van der Waals surface area contributed by atoms with Crippen molar-refractivity contribution in [3.63, 3.8) is 0 Å². The molecule has 0 aliphatic carbocycles. The van der Waals surface area contributed by atoms with Gasteiger partial charge in [0.15, 0.2) is 0 Å². The number of rotatable bonds is 8. The molecule has 0 aliphatic rings. The van der Waals surface area contributed by atoms with E-state index in [0.717, 1.165) is 11.1 Å². The van der Waals surface area contributed by atoms with E-state index in [1.165, 1.54) is 4.90 Å². The second kappa shape index (κ2) is 10.6. The normalized spacial score (nSPS) is 9.89. The molecule has 0 heterocycles. The summed E-state index contributed by atoms with van der Waals surface area (Å²) in [6.45, 7) is 0.625. The van der Waals surface area contributed by atoms with Crippen LogP contribution < -0.4 is 15.4 Å². The Kier molecular flexibility index (Phi) is 7.85. The highest BCUT2D eigenvalue weighted by molar-refractivity contribution is 5.89. The molecule has 2 N–H and O–H groups in total. The summed E-state index contributed by atoms with van der Waals surface area (Å²) < 4.78 is 5.75. The summed E-state index contributed by atoms with van der Waals surface area (Å²) in [6.07, 6.45) is 0.626. The van der Waals surface area contributed by atoms with Crippen molar-refractivity contribution in [1.82, 2.24) is 10.2 Å². The first-order valence-electron chi connectivity index (χ1n) is 8.90. The maximum absolute atomic E-state index is 11.9. The maximum Gasteiger partial charge on any atom is 0.319 e. The number of hydrogen-bond donors (Lipinski definition) is 2. The van der Waals surface area contributed by atoms with Crippen LogP contribution in [0.15, 0.2) is 48.5 Å². The first-order chi connectivity index (χ1) is 13.5.